The van der Waals surface area contributed by atoms with Crippen LogP contribution in [0.1, 0.15) is 30.6 Å². The molecule has 1 atom stereocenters. The van der Waals surface area contributed by atoms with Crippen molar-refractivity contribution in [3.63, 3.8) is 0 Å². The Morgan fingerprint density at radius 1 is 1.03 bits per heavy atom. The average Bonchev–Trinajstić information content (AvgIpc) is 2.93. The molecule has 1 aliphatic heterocycles. The van der Waals surface area contributed by atoms with Crippen molar-refractivity contribution in [2.45, 2.75) is 25.9 Å². The third kappa shape index (κ3) is 6.89. The molecule has 0 saturated heterocycles. The van der Waals surface area contributed by atoms with Gasteiger partial charge in [-0.05, 0) is 49.2 Å². The van der Waals surface area contributed by atoms with Crippen molar-refractivity contribution in [1.29, 1.82) is 0 Å². The second kappa shape index (κ2) is 11.8. The first-order chi connectivity index (χ1) is 14.9. The molecule has 0 saturated carbocycles. The van der Waals surface area contributed by atoms with Crippen molar-refractivity contribution < 1.29 is 34.0 Å². The first-order valence-corrected chi connectivity index (χ1v) is 10.0. The smallest absolute Gasteiger partial charge is 0.414 e. The van der Waals surface area contributed by atoms with E-state index in [0.29, 0.717) is 0 Å². The zero-order chi connectivity index (χ0) is 22.8. The van der Waals surface area contributed by atoms with Gasteiger partial charge in [-0.3, -0.25) is 4.90 Å². The van der Waals surface area contributed by atoms with Crippen LogP contribution in [0.15, 0.2) is 42.5 Å². The summed E-state index contributed by atoms with van der Waals surface area (Å²) in [5.41, 5.74) is 2.47. The Balaban J connectivity index is 0.000000501. The minimum absolute atomic E-state index is 0.0220. The van der Waals surface area contributed by atoms with Gasteiger partial charge in [-0.2, -0.15) is 0 Å². The molecule has 8 heteroatoms. The summed E-state index contributed by atoms with van der Waals surface area (Å²) in [6.45, 7) is 5.21. The fourth-order valence-electron chi connectivity index (χ4n) is 3.44. The molecule has 2 N–H and O–H groups in total. The molecule has 1 unspecified atom stereocenters. The highest BCUT2D eigenvalue weighted by Crippen LogP contribution is 2.37. The van der Waals surface area contributed by atoms with E-state index in [1.54, 1.807) is 14.2 Å². The molecule has 1 heterocycles. The van der Waals surface area contributed by atoms with Crippen molar-refractivity contribution in [3.05, 3.63) is 53.6 Å². The number of para-hydroxylation sites is 1. The average molecular weight is 431 g/mol. The van der Waals surface area contributed by atoms with Gasteiger partial charge >= 0.3 is 11.9 Å². The van der Waals surface area contributed by atoms with Crippen LogP contribution in [0.5, 0.6) is 17.2 Å². The molecule has 0 radical (unpaired) electrons. The van der Waals surface area contributed by atoms with Crippen molar-refractivity contribution in [1.82, 2.24) is 4.90 Å². The van der Waals surface area contributed by atoms with E-state index in [4.69, 9.17) is 34.0 Å². The molecule has 0 fully saturated rings. The van der Waals surface area contributed by atoms with Crippen LogP contribution >= 0.6 is 0 Å². The van der Waals surface area contributed by atoms with E-state index in [2.05, 4.69) is 24.0 Å². The van der Waals surface area contributed by atoms with Gasteiger partial charge in [-0.25, -0.2) is 9.59 Å². The second-order valence-corrected chi connectivity index (χ2v) is 6.99. The van der Waals surface area contributed by atoms with Crippen LogP contribution in [0.4, 0.5) is 0 Å². The zero-order valence-corrected chi connectivity index (χ0v) is 18.0. The summed E-state index contributed by atoms with van der Waals surface area (Å²) in [7, 11) is 3.36. The molecule has 0 amide bonds. The molecule has 31 heavy (non-hydrogen) atoms. The summed E-state index contributed by atoms with van der Waals surface area (Å²) >= 11 is 0. The monoisotopic (exact) mass is 431 g/mol. The number of hydrogen-bond acceptors (Lipinski definition) is 6. The molecule has 0 bridgehead atoms. The number of aliphatic carboxylic acids is 2. The lowest BCUT2D eigenvalue weighted by Gasteiger charge is -2.25. The number of nitrogens with zero attached hydrogens (tertiary/aromatic N) is 1. The first kappa shape index (κ1) is 24.0. The highest BCUT2D eigenvalue weighted by molar-refractivity contribution is 6.27. The minimum atomic E-state index is -1.82. The molecule has 1 aliphatic rings. The number of carbonyl (C=O) groups is 2. The molecule has 2 aromatic rings. The van der Waals surface area contributed by atoms with Gasteiger partial charge in [-0.1, -0.05) is 25.1 Å². The van der Waals surface area contributed by atoms with Gasteiger partial charge in [0, 0.05) is 18.7 Å². The standard InChI is InChI=1S/C21H27NO3.C2H2O4/c1-4-11-22-12-10-16-13-19(23-2)20(24-3)14-18(16)21(15-22)25-17-8-6-5-7-9-17;3-1(4)2(5)6/h5-9,13-14,21H,4,10-12,15H2,1-3H3;(H,3,4)(H,5,6). The van der Waals surface area contributed by atoms with Gasteiger partial charge in [0.1, 0.15) is 11.9 Å². The fourth-order valence-corrected chi connectivity index (χ4v) is 3.44. The number of carboxylic acid groups (broad SMARTS) is 2. The van der Waals surface area contributed by atoms with Gasteiger partial charge in [0.05, 0.1) is 14.2 Å². The molecule has 0 spiro atoms. The number of hydrogen-bond donors (Lipinski definition) is 2. The minimum Gasteiger partial charge on any atom is -0.493 e. The Kier molecular flexibility index (Phi) is 9.14. The molecular weight excluding hydrogens is 402 g/mol. The normalized spacial score (nSPS) is 15.5. The Bertz CT molecular complexity index is 858. The van der Waals surface area contributed by atoms with Crippen LogP contribution in [0.3, 0.4) is 0 Å². The third-order valence-electron chi connectivity index (χ3n) is 4.86. The van der Waals surface area contributed by atoms with Crippen LogP contribution in [-0.4, -0.2) is 60.9 Å². The maximum Gasteiger partial charge on any atom is 0.414 e. The molecule has 3 rings (SSSR count). The van der Waals surface area contributed by atoms with Crippen LogP contribution in [-0.2, 0) is 16.0 Å². The number of carboxylic acids is 2. The highest BCUT2D eigenvalue weighted by Gasteiger charge is 2.26. The highest BCUT2D eigenvalue weighted by atomic mass is 16.5. The Labute approximate surface area is 182 Å². The second-order valence-electron chi connectivity index (χ2n) is 6.99. The molecule has 8 nitrogen and oxygen atoms in total. The van der Waals surface area contributed by atoms with Crippen molar-refractivity contribution >= 4 is 11.9 Å². The summed E-state index contributed by atoms with van der Waals surface area (Å²) in [6, 6.07) is 14.2. The number of methoxy groups -OCH3 is 2. The summed E-state index contributed by atoms with van der Waals surface area (Å²) < 4.78 is 17.4. The van der Waals surface area contributed by atoms with Crippen LogP contribution < -0.4 is 14.2 Å². The lowest BCUT2D eigenvalue weighted by molar-refractivity contribution is -0.159. The summed E-state index contributed by atoms with van der Waals surface area (Å²) in [5, 5.41) is 14.8. The van der Waals surface area contributed by atoms with Gasteiger partial charge in [-0.15, -0.1) is 0 Å². The summed E-state index contributed by atoms with van der Waals surface area (Å²) in [5.74, 6) is -1.22. The quantitative estimate of drug-likeness (QED) is 0.672. The van der Waals surface area contributed by atoms with Gasteiger partial charge < -0.3 is 24.4 Å². The molecular formula is C23H29NO7. The summed E-state index contributed by atoms with van der Waals surface area (Å²) in [4.78, 5) is 20.7. The van der Waals surface area contributed by atoms with Crippen molar-refractivity contribution in [3.8, 4) is 17.2 Å². The van der Waals surface area contributed by atoms with Crippen molar-refractivity contribution in [2.24, 2.45) is 0 Å². The van der Waals surface area contributed by atoms with E-state index < -0.39 is 11.9 Å². The van der Waals surface area contributed by atoms with E-state index >= 15 is 0 Å². The number of ether oxygens (including phenoxy) is 3. The number of fused-ring (bicyclic) bond motifs is 1. The Hall–Kier alpha value is -3.26. The van der Waals surface area contributed by atoms with Crippen LogP contribution in [0.2, 0.25) is 0 Å². The molecule has 168 valence electrons. The van der Waals surface area contributed by atoms with E-state index in [-0.39, 0.29) is 6.10 Å². The largest absolute Gasteiger partial charge is 0.493 e. The maximum absolute atomic E-state index is 9.10. The van der Waals surface area contributed by atoms with E-state index in [1.165, 1.54) is 11.1 Å². The van der Waals surface area contributed by atoms with Gasteiger partial charge in [0.15, 0.2) is 11.5 Å². The first-order valence-electron chi connectivity index (χ1n) is 10.0. The predicted octanol–water partition coefficient (Wildman–Crippen LogP) is 3.25. The van der Waals surface area contributed by atoms with Crippen LogP contribution in [0, 0.1) is 0 Å². The predicted molar refractivity (Wildman–Crippen MR) is 115 cm³/mol. The SMILES string of the molecule is CCCN1CCc2cc(OC)c(OC)cc2C(Oc2ccccc2)C1.O=C(O)C(=O)O. The Morgan fingerprint density at radius 2 is 1.65 bits per heavy atom. The number of rotatable bonds is 6. The summed E-state index contributed by atoms with van der Waals surface area (Å²) in [6.07, 6.45) is 2.11. The van der Waals surface area contributed by atoms with E-state index in [9.17, 15) is 0 Å². The van der Waals surface area contributed by atoms with Crippen molar-refractivity contribution in [2.75, 3.05) is 33.9 Å². The van der Waals surface area contributed by atoms with Gasteiger partial charge in [0.2, 0.25) is 0 Å². The zero-order valence-electron chi connectivity index (χ0n) is 18.0. The topological polar surface area (TPSA) is 106 Å². The lowest BCUT2D eigenvalue weighted by Crippen LogP contribution is -2.31. The van der Waals surface area contributed by atoms with E-state index in [1.807, 2.05) is 30.3 Å². The fraction of sp³-hybridized carbons (Fsp3) is 0.391. The lowest BCUT2D eigenvalue weighted by atomic mass is 10.00. The Morgan fingerprint density at radius 3 is 2.19 bits per heavy atom. The van der Waals surface area contributed by atoms with Gasteiger partial charge in [0.25, 0.3) is 0 Å². The van der Waals surface area contributed by atoms with E-state index in [0.717, 1.165) is 49.7 Å². The molecule has 0 aliphatic carbocycles. The molecule has 2 aromatic carbocycles. The molecule has 0 aromatic heterocycles. The van der Waals surface area contributed by atoms with Crippen LogP contribution in [0.25, 0.3) is 0 Å². The number of benzene rings is 2. The maximum atomic E-state index is 9.10. The third-order valence-corrected chi connectivity index (χ3v) is 4.86.